The number of benzene rings is 1. The molecule has 19 heavy (non-hydrogen) atoms. The van der Waals surface area contributed by atoms with Gasteiger partial charge in [0.2, 0.25) is 0 Å². The van der Waals surface area contributed by atoms with E-state index in [0.29, 0.717) is 31.7 Å². The lowest BCUT2D eigenvalue weighted by molar-refractivity contribution is 0.315. The monoisotopic (exact) mass is 263 g/mol. The zero-order valence-corrected chi connectivity index (χ0v) is 11.0. The normalized spacial score (nSPS) is 10.7. The zero-order chi connectivity index (χ0) is 13.7. The molecule has 1 aromatic heterocycles. The first-order chi connectivity index (χ1) is 9.19. The number of ether oxygens (including phenoxy) is 1. The lowest BCUT2D eigenvalue weighted by Crippen LogP contribution is -2.07. The van der Waals surface area contributed by atoms with Gasteiger partial charge in [0.25, 0.3) is 0 Å². The molecule has 0 aliphatic carbocycles. The van der Waals surface area contributed by atoms with Crippen LogP contribution in [0.4, 0.5) is 4.39 Å². The van der Waals surface area contributed by atoms with Crippen molar-refractivity contribution in [1.29, 1.82) is 0 Å². The molecule has 0 atom stereocenters. The molecule has 2 rings (SSSR count). The van der Waals surface area contributed by atoms with Gasteiger partial charge in [0.1, 0.15) is 17.4 Å². The average Bonchev–Trinajstić information content (AvgIpc) is 2.75. The maximum atomic E-state index is 13.4. The van der Waals surface area contributed by atoms with E-state index in [9.17, 15) is 4.39 Å². The van der Waals surface area contributed by atoms with Gasteiger partial charge in [-0.1, -0.05) is 0 Å². The van der Waals surface area contributed by atoms with Crippen LogP contribution < -0.4 is 10.5 Å². The molecule has 0 amide bonds. The summed E-state index contributed by atoms with van der Waals surface area (Å²) in [5, 5.41) is 0. The SMILES string of the molecule is Cn1ccnc1CCOc1cc(F)cc(CCN)c1. The van der Waals surface area contributed by atoms with Gasteiger partial charge in [-0.25, -0.2) is 9.37 Å². The highest BCUT2D eigenvalue weighted by Gasteiger charge is 2.03. The van der Waals surface area contributed by atoms with Crippen molar-refractivity contribution in [2.45, 2.75) is 12.8 Å². The second kappa shape index (κ2) is 6.33. The van der Waals surface area contributed by atoms with Gasteiger partial charge in [-0.15, -0.1) is 0 Å². The Morgan fingerprint density at radius 1 is 1.32 bits per heavy atom. The first-order valence-corrected chi connectivity index (χ1v) is 6.27. The van der Waals surface area contributed by atoms with E-state index in [2.05, 4.69) is 4.98 Å². The van der Waals surface area contributed by atoms with E-state index >= 15 is 0 Å². The predicted octanol–water partition coefficient (Wildman–Crippen LogP) is 1.68. The first kappa shape index (κ1) is 13.5. The van der Waals surface area contributed by atoms with E-state index in [-0.39, 0.29) is 5.82 Å². The smallest absolute Gasteiger partial charge is 0.127 e. The second-order valence-corrected chi connectivity index (χ2v) is 4.39. The molecule has 0 aliphatic heterocycles. The predicted molar refractivity (Wildman–Crippen MR) is 71.6 cm³/mol. The van der Waals surface area contributed by atoms with Gasteiger partial charge in [0.15, 0.2) is 0 Å². The lowest BCUT2D eigenvalue weighted by atomic mass is 10.1. The van der Waals surface area contributed by atoms with Crippen LogP contribution in [0.5, 0.6) is 5.75 Å². The molecular formula is C14H18FN3O. The molecule has 4 nitrogen and oxygen atoms in total. The third-order valence-corrected chi connectivity index (χ3v) is 2.88. The van der Waals surface area contributed by atoms with E-state index in [1.807, 2.05) is 23.9 Å². The molecule has 1 heterocycles. The Morgan fingerprint density at radius 3 is 2.84 bits per heavy atom. The number of aromatic nitrogens is 2. The van der Waals surface area contributed by atoms with Crippen LogP contribution in [0.2, 0.25) is 0 Å². The van der Waals surface area contributed by atoms with Crippen molar-refractivity contribution < 1.29 is 9.13 Å². The molecule has 0 unspecified atom stereocenters. The lowest BCUT2D eigenvalue weighted by Gasteiger charge is -2.08. The Bertz CT molecular complexity index is 539. The van der Waals surface area contributed by atoms with Gasteiger partial charge in [-0.2, -0.15) is 0 Å². The number of nitrogens with two attached hydrogens (primary N) is 1. The summed E-state index contributed by atoms with van der Waals surface area (Å²) in [6.07, 6.45) is 4.97. The van der Waals surface area contributed by atoms with Crippen molar-refractivity contribution in [3.05, 3.63) is 47.8 Å². The molecule has 0 saturated heterocycles. The van der Waals surface area contributed by atoms with Crippen LogP contribution in [0.1, 0.15) is 11.4 Å². The Labute approximate surface area is 112 Å². The summed E-state index contributed by atoms with van der Waals surface area (Å²) in [6.45, 7) is 0.965. The van der Waals surface area contributed by atoms with Crippen LogP contribution in [0.15, 0.2) is 30.6 Å². The summed E-state index contributed by atoms with van der Waals surface area (Å²) in [6, 6.07) is 4.70. The summed E-state index contributed by atoms with van der Waals surface area (Å²) in [7, 11) is 1.93. The minimum atomic E-state index is -0.294. The number of rotatable bonds is 6. The van der Waals surface area contributed by atoms with Crippen LogP contribution in [-0.4, -0.2) is 22.7 Å². The summed E-state index contributed by atoms with van der Waals surface area (Å²) in [5.74, 6) is 1.19. The van der Waals surface area contributed by atoms with Crippen molar-refractivity contribution >= 4 is 0 Å². The summed E-state index contributed by atoms with van der Waals surface area (Å²) >= 11 is 0. The maximum absolute atomic E-state index is 13.4. The fourth-order valence-electron chi connectivity index (χ4n) is 1.91. The van der Waals surface area contributed by atoms with E-state index < -0.39 is 0 Å². The fourth-order valence-corrected chi connectivity index (χ4v) is 1.91. The number of hydrogen-bond acceptors (Lipinski definition) is 3. The topological polar surface area (TPSA) is 53.1 Å². The molecule has 0 bridgehead atoms. The molecule has 2 aromatic rings. The van der Waals surface area contributed by atoms with Crippen LogP contribution in [0.3, 0.4) is 0 Å². The van der Waals surface area contributed by atoms with Gasteiger partial charge >= 0.3 is 0 Å². The van der Waals surface area contributed by atoms with Gasteiger partial charge < -0.3 is 15.0 Å². The Hall–Kier alpha value is -1.88. The minimum absolute atomic E-state index is 0.294. The third-order valence-electron chi connectivity index (χ3n) is 2.88. The molecule has 0 aliphatic rings. The van der Waals surface area contributed by atoms with Crippen molar-refractivity contribution in [1.82, 2.24) is 9.55 Å². The van der Waals surface area contributed by atoms with Crippen LogP contribution in [0.25, 0.3) is 0 Å². The van der Waals surface area contributed by atoms with E-state index in [1.54, 1.807) is 6.20 Å². The molecule has 2 N–H and O–H groups in total. The van der Waals surface area contributed by atoms with Gasteiger partial charge in [0.05, 0.1) is 6.61 Å². The molecule has 0 spiro atoms. The Morgan fingerprint density at radius 2 is 2.16 bits per heavy atom. The molecular weight excluding hydrogens is 245 g/mol. The highest BCUT2D eigenvalue weighted by atomic mass is 19.1. The van der Waals surface area contributed by atoms with Crippen molar-refractivity contribution in [3.63, 3.8) is 0 Å². The zero-order valence-electron chi connectivity index (χ0n) is 11.0. The largest absolute Gasteiger partial charge is 0.493 e. The van der Waals surface area contributed by atoms with E-state index in [4.69, 9.17) is 10.5 Å². The second-order valence-electron chi connectivity index (χ2n) is 4.39. The standard InChI is InChI=1S/C14H18FN3O/c1-18-6-5-17-14(18)3-7-19-13-9-11(2-4-16)8-12(15)10-13/h5-6,8-10H,2-4,7,16H2,1H3. The van der Waals surface area contributed by atoms with Gasteiger partial charge in [0, 0.05) is 31.9 Å². The van der Waals surface area contributed by atoms with Crippen molar-refractivity contribution in [2.24, 2.45) is 12.8 Å². The summed E-state index contributed by atoms with van der Waals surface area (Å²) in [5.41, 5.74) is 6.32. The first-order valence-electron chi connectivity index (χ1n) is 6.27. The fraction of sp³-hybridized carbons (Fsp3) is 0.357. The number of nitrogens with zero attached hydrogens (tertiary/aromatic N) is 2. The summed E-state index contributed by atoms with van der Waals surface area (Å²) in [4.78, 5) is 4.20. The van der Waals surface area contributed by atoms with Crippen molar-refractivity contribution in [2.75, 3.05) is 13.2 Å². The maximum Gasteiger partial charge on any atom is 0.127 e. The Balaban J connectivity index is 1.94. The average molecular weight is 263 g/mol. The van der Waals surface area contributed by atoms with Crippen LogP contribution >= 0.6 is 0 Å². The third kappa shape index (κ3) is 3.79. The Kier molecular flexibility index (Phi) is 4.52. The number of hydrogen-bond donors (Lipinski definition) is 1. The van der Waals surface area contributed by atoms with E-state index in [1.165, 1.54) is 12.1 Å². The molecule has 0 saturated carbocycles. The van der Waals surface area contributed by atoms with Crippen molar-refractivity contribution in [3.8, 4) is 5.75 Å². The van der Waals surface area contributed by atoms with E-state index in [0.717, 1.165) is 11.4 Å². The highest BCUT2D eigenvalue weighted by Crippen LogP contribution is 2.17. The highest BCUT2D eigenvalue weighted by molar-refractivity contribution is 5.29. The van der Waals surface area contributed by atoms with Gasteiger partial charge in [-0.3, -0.25) is 0 Å². The number of imidazole rings is 1. The molecule has 5 heteroatoms. The molecule has 1 aromatic carbocycles. The van der Waals surface area contributed by atoms with Crippen LogP contribution in [-0.2, 0) is 19.9 Å². The number of halogens is 1. The quantitative estimate of drug-likeness (QED) is 0.862. The molecule has 0 radical (unpaired) electrons. The number of aryl methyl sites for hydroxylation is 1. The molecule has 102 valence electrons. The molecule has 0 fully saturated rings. The van der Waals surface area contributed by atoms with Crippen LogP contribution in [0, 0.1) is 5.82 Å². The summed E-state index contributed by atoms with van der Waals surface area (Å²) < 4.78 is 20.9. The minimum Gasteiger partial charge on any atom is -0.493 e. The van der Waals surface area contributed by atoms with Gasteiger partial charge in [-0.05, 0) is 30.7 Å².